The van der Waals surface area contributed by atoms with Gasteiger partial charge in [0.25, 0.3) is 0 Å². The van der Waals surface area contributed by atoms with E-state index in [1.54, 1.807) is 0 Å². The van der Waals surface area contributed by atoms with Gasteiger partial charge >= 0.3 is 0 Å². The summed E-state index contributed by atoms with van der Waals surface area (Å²) >= 11 is 5.35. The predicted octanol–water partition coefficient (Wildman–Crippen LogP) is 2.25. The van der Waals surface area contributed by atoms with Gasteiger partial charge in [0.15, 0.2) is 5.11 Å². The zero-order valence-corrected chi connectivity index (χ0v) is 10.4. The first-order valence-electron chi connectivity index (χ1n) is 5.66. The van der Waals surface area contributed by atoms with Crippen molar-refractivity contribution in [1.29, 1.82) is 0 Å². The lowest BCUT2D eigenvalue weighted by Crippen LogP contribution is -2.42. The third-order valence-corrected chi connectivity index (χ3v) is 2.91. The second kappa shape index (κ2) is 5.54. The van der Waals surface area contributed by atoms with Crippen molar-refractivity contribution in [2.24, 2.45) is 11.8 Å². The molecule has 14 heavy (non-hydrogen) atoms. The van der Waals surface area contributed by atoms with E-state index >= 15 is 0 Å². The standard InChI is InChI=1S/C11H22N2S/c1-4-13(8-10-5-6-10)11(14)12-7-9(2)3/h9-10H,4-8H2,1-3H3,(H,12,14). The maximum Gasteiger partial charge on any atom is 0.168 e. The molecule has 1 rings (SSSR count). The molecule has 0 aromatic rings. The van der Waals surface area contributed by atoms with Crippen molar-refractivity contribution in [2.45, 2.75) is 33.6 Å². The molecule has 1 saturated carbocycles. The molecule has 0 spiro atoms. The molecule has 0 atom stereocenters. The number of hydrogen-bond acceptors (Lipinski definition) is 1. The fraction of sp³-hybridized carbons (Fsp3) is 0.909. The topological polar surface area (TPSA) is 15.3 Å². The average Bonchev–Trinajstić information content (AvgIpc) is 2.93. The van der Waals surface area contributed by atoms with Gasteiger partial charge in [0.05, 0.1) is 0 Å². The van der Waals surface area contributed by atoms with Crippen LogP contribution in [0.1, 0.15) is 33.6 Å². The van der Waals surface area contributed by atoms with Crippen molar-refractivity contribution in [2.75, 3.05) is 19.6 Å². The lowest BCUT2D eigenvalue weighted by Gasteiger charge is -2.24. The molecule has 1 aliphatic carbocycles. The van der Waals surface area contributed by atoms with Gasteiger partial charge in [0.2, 0.25) is 0 Å². The van der Waals surface area contributed by atoms with Crippen LogP contribution >= 0.6 is 12.2 Å². The SMILES string of the molecule is CCN(CC1CC1)C(=S)NCC(C)C. The molecule has 0 radical (unpaired) electrons. The third kappa shape index (κ3) is 4.27. The van der Waals surface area contributed by atoms with E-state index in [-0.39, 0.29) is 0 Å². The van der Waals surface area contributed by atoms with Crippen molar-refractivity contribution >= 4 is 17.3 Å². The Morgan fingerprint density at radius 2 is 2.14 bits per heavy atom. The smallest absolute Gasteiger partial charge is 0.168 e. The Labute approximate surface area is 93.1 Å². The summed E-state index contributed by atoms with van der Waals surface area (Å²) in [6, 6.07) is 0. The van der Waals surface area contributed by atoms with Crippen molar-refractivity contribution in [3.8, 4) is 0 Å². The maximum atomic E-state index is 5.35. The molecule has 0 amide bonds. The van der Waals surface area contributed by atoms with E-state index in [4.69, 9.17) is 12.2 Å². The van der Waals surface area contributed by atoms with E-state index in [1.165, 1.54) is 12.8 Å². The van der Waals surface area contributed by atoms with Crippen LogP contribution in [0.15, 0.2) is 0 Å². The predicted molar refractivity (Wildman–Crippen MR) is 65.4 cm³/mol. The van der Waals surface area contributed by atoms with E-state index in [0.29, 0.717) is 5.92 Å². The van der Waals surface area contributed by atoms with E-state index < -0.39 is 0 Å². The van der Waals surface area contributed by atoms with Crippen LogP contribution in [0.4, 0.5) is 0 Å². The third-order valence-electron chi connectivity index (χ3n) is 2.51. The van der Waals surface area contributed by atoms with E-state index in [0.717, 1.165) is 30.7 Å². The summed E-state index contributed by atoms with van der Waals surface area (Å²) < 4.78 is 0. The molecule has 2 nitrogen and oxygen atoms in total. The van der Waals surface area contributed by atoms with Crippen LogP contribution in [-0.4, -0.2) is 29.6 Å². The second-order valence-electron chi connectivity index (χ2n) is 4.56. The quantitative estimate of drug-likeness (QED) is 0.707. The summed E-state index contributed by atoms with van der Waals surface area (Å²) in [5.41, 5.74) is 0. The fourth-order valence-corrected chi connectivity index (χ4v) is 1.66. The number of hydrogen-bond donors (Lipinski definition) is 1. The van der Waals surface area contributed by atoms with Crippen LogP contribution < -0.4 is 5.32 Å². The van der Waals surface area contributed by atoms with Crippen LogP contribution in [0.5, 0.6) is 0 Å². The summed E-state index contributed by atoms with van der Waals surface area (Å²) in [7, 11) is 0. The van der Waals surface area contributed by atoms with Gasteiger partial charge in [-0.1, -0.05) is 13.8 Å². The van der Waals surface area contributed by atoms with Crippen LogP contribution in [0.3, 0.4) is 0 Å². The summed E-state index contributed by atoms with van der Waals surface area (Å²) in [6.45, 7) is 9.74. The first kappa shape index (κ1) is 11.8. The van der Waals surface area contributed by atoms with Crippen LogP contribution in [-0.2, 0) is 0 Å². The van der Waals surface area contributed by atoms with Gasteiger partial charge in [0.1, 0.15) is 0 Å². The van der Waals surface area contributed by atoms with Crippen LogP contribution in [0.2, 0.25) is 0 Å². The molecule has 0 aromatic carbocycles. The monoisotopic (exact) mass is 214 g/mol. The molecule has 3 heteroatoms. The normalized spacial score (nSPS) is 15.7. The van der Waals surface area contributed by atoms with Gasteiger partial charge in [0, 0.05) is 19.6 Å². The Morgan fingerprint density at radius 1 is 1.50 bits per heavy atom. The molecule has 0 heterocycles. The molecule has 0 aliphatic heterocycles. The van der Waals surface area contributed by atoms with E-state index in [1.807, 2.05) is 0 Å². The molecule has 0 saturated heterocycles. The van der Waals surface area contributed by atoms with Crippen molar-refractivity contribution < 1.29 is 0 Å². The number of nitrogens with zero attached hydrogens (tertiary/aromatic N) is 1. The Balaban J connectivity index is 2.23. The van der Waals surface area contributed by atoms with Gasteiger partial charge in [-0.3, -0.25) is 0 Å². The summed E-state index contributed by atoms with van der Waals surface area (Å²) in [6.07, 6.45) is 2.78. The molecule has 0 unspecified atom stereocenters. The van der Waals surface area contributed by atoms with E-state index in [9.17, 15) is 0 Å². The Morgan fingerprint density at radius 3 is 2.57 bits per heavy atom. The maximum absolute atomic E-state index is 5.35. The summed E-state index contributed by atoms with van der Waals surface area (Å²) in [5.74, 6) is 1.57. The number of thiocarbonyl (C=S) groups is 1. The minimum Gasteiger partial charge on any atom is -0.362 e. The minimum absolute atomic E-state index is 0.660. The molecular weight excluding hydrogens is 192 g/mol. The van der Waals surface area contributed by atoms with Gasteiger partial charge in [-0.15, -0.1) is 0 Å². The zero-order chi connectivity index (χ0) is 10.6. The Kier molecular flexibility index (Phi) is 4.66. The highest BCUT2D eigenvalue weighted by Gasteiger charge is 2.24. The van der Waals surface area contributed by atoms with Crippen molar-refractivity contribution in [3.63, 3.8) is 0 Å². The number of rotatable bonds is 5. The number of nitrogens with one attached hydrogen (secondary N) is 1. The molecule has 0 bridgehead atoms. The lowest BCUT2D eigenvalue weighted by atomic mass is 10.2. The zero-order valence-electron chi connectivity index (χ0n) is 9.55. The molecule has 1 fully saturated rings. The largest absolute Gasteiger partial charge is 0.362 e. The second-order valence-corrected chi connectivity index (χ2v) is 4.95. The van der Waals surface area contributed by atoms with E-state index in [2.05, 4.69) is 31.0 Å². The summed E-state index contributed by atoms with van der Waals surface area (Å²) in [5, 5.41) is 4.26. The van der Waals surface area contributed by atoms with Crippen LogP contribution in [0.25, 0.3) is 0 Å². The first-order chi connectivity index (χ1) is 6.63. The van der Waals surface area contributed by atoms with Crippen LogP contribution in [0, 0.1) is 11.8 Å². The van der Waals surface area contributed by atoms with Gasteiger partial charge in [-0.2, -0.15) is 0 Å². The molecule has 82 valence electrons. The fourth-order valence-electron chi connectivity index (χ4n) is 1.37. The average molecular weight is 214 g/mol. The van der Waals surface area contributed by atoms with Crippen molar-refractivity contribution in [1.82, 2.24) is 10.2 Å². The highest BCUT2D eigenvalue weighted by molar-refractivity contribution is 7.80. The highest BCUT2D eigenvalue weighted by Crippen LogP contribution is 2.29. The molecular formula is C11H22N2S. The molecule has 0 aromatic heterocycles. The lowest BCUT2D eigenvalue weighted by molar-refractivity contribution is 0.409. The van der Waals surface area contributed by atoms with Gasteiger partial charge in [-0.05, 0) is 43.8 Å². The molecule has 1 aliphatic rings. The summed E-state index contributed by atoms with van der Waals surface area (Å²) in [4.78, 5) is 2.29. The first-order valence-corrected chi connectivity index (χ1v) is 6.07. The highest BCUT2D eigenvalue weighted by atomic mass is 32.1. The van der Waals surface area contributed by atoms with Crippen molar-refractivity contribution in [3.05, 3.63) is 0 Å². The molecule has 1 N–H and O–H groups in total. The van der Waals surface area contributed by atoms with Gasteiger partial charge < -0.3 is 10.2 Å². The van der Waals surface area contributed by atoms with Gasteiger partial charge in [-0.25, -0.2) is 0 Å². The Hall–Kier alpha value is -0.310. The minimum atomic E-state index is 0.660. The Bertz CT molecular complexity index is 188.